The van der Waals surface area contributed by atoms with Crippen LogP contribution in [0.5, 0.6) is 0 Å². The van der Waals surface area contributed by atoms with Crippen LogP contribution in [-0.2, 0) is 0 Å². The average Bonchev–Trinajstić information content (AvgIpc) is 3.26. The highest BCUT2D eigenvalue weighted by molar-refractivity contribution is 6.04. The van der Waals surface area contributed by atoms with Gasteiger partial charge < -0.3 is 15.1 Å². The second kappa shape index (κ2) is 8.57. The second-order valence-electron chi connectivity index (χ2n) is 7.69. The minimum absolute atomic E-state index is 0.00404. The van der Waals surface area contributed by atoms with Crippen molar-refractivity contribution >= 4 is 23.0 Å². The topological polar surface area (TPSA) is 96.5 Å². The number of nitrogens with zero attached hydrogens (tertiary/aromatic N) is 5. The molecule has 9 heteroatoms. The molecule has 2 aromatic carbocycles. The predicted octanol–water partition coefficient (Wildman–Crippen LogP) is 3.09. The molecule has 31 heavy (non-hydrogen) atoms. The Morgan fingerprint density at radius 1 is 1.06 bits per heavy atom. The number of carbonyl (C=O) groups excluding carboxylic acids is 1. The van der Waals surface area contributed by atoms with Gasteiger partial charge in [-0.3, -0.25) is 14.9 Å². The summed E-state index contributed by atoms with van der Waals surface area (Å²) in [5.74, 6) is -0.261. The maximum Gasteiger partial charge on any atom is 0.269 e. The lowest BCUT2D eigenvalue weighted by Gasteiger charge is -2.34. The van der Waals surface area contributed by atoms with Crippen molar-refractivity contribution in [3.05, 3.63) is 76.1 Å². The molecule has 1 aliphatic heterocycles. The Morgan fingerprint density at radius 3 is 2.39 bits per heavy atom. The molecule has 2 heterocycles. The SMILES string of the molecule is Cc1cc(N2CCN(C)CC2)ccc1NC(=O)c1cnn(-c2ccc([N+](=O)[O-])cc2)c1. The Balaban J connectivity index is 1.44. The molecule has 160 valence electrons. The normalized spacial score (nSPS) is 14.5. The number of aryl methyl sites for hydroxylation is 1. The van der Waals surface area contributed by atoms with Crippen LogP contribution in [0.1, 0.15) is 15.9 Å². The molecule has 9 nitrogen and oxygen atoms in total. The molecule has 4 rings (SSSR count). The first-order valence-corrected chi connectivity index (χ1v) is 10.1. The summed E-state index contributed by atoms with van der Waals surface area (Å²) >= 11 is 0. The zero-order valence-corrected chi connectivity index (χ0v) is 17.5. The van der Waals surface area contributed by atoms with Crippen LogP contribution in [0.4, 0.5) is 17.1 Å². The monoisotopic (exact) mass is 420 g/mol. The highest BCUT2D eigenvalue weighted by atomic mass is 16.6. The minimum atomic E-state index is -0.455. The molecule has 1 amide bonds. The van der Waals surface area contributed by atoms with E-state index in [9.17, 15) is 14.9 Å². The molecular weight excluding hydrogens is 396 g/mol. The Hall–Kier alpha value is -3.72. The fourth-order valence-corrected chi connectivity index (χ4v) is 3.55. The number of likely N-dealkylation sites (N-methyl/N-ethyl adjacent to an activating group) is 1. The number of nitro benzene ring substituents is 1. The Kier molecular flexibility index (Phi) is 5.68. The van der Waals surface area contributed by atoms with E-state index in [1.54, 1.807) is 18.3 Å². The van der Waals surface area contributed by atoms with Crippen LogP contribution in [0.25, 0.3) is 5.69 Å². The van der Waals surface area contributed by atoms with Gasteiger partial charge in [-0.2, -0.15) is 5.10 Å². The van der Waals surface area contributed by atoms with Crippen LogP contribution < -0.4 is 10.2 Å². The van der Waals surface area contributed by atoms with Gasteiger partial charge in [-0.15, -0.1) is 0 Å². The summed E-state index contributed by atoms with van der Waals surface area (Å²) in [6, 6.07) is 12.1. The van der Waals surface area contributed by atoms with Crippen molar-refractivity contribution in [1.82, 2.24) is 14.7 Å². The van der Waals surface area contributed by atoms with Crippen molar-refractivity contribution in [2.75, 3.05) is 43.4 Å². The maximum atomic E-state index is 12.7. The summed E-state index contributed by atoms with van der Waals surface area (Å²) in [6.45, 7) is 6.04. The molecule has 1 saturated heterocycles. The van der Waals surface area contributed by atoms with Crippen LogP contribution in [-0.4, -0.2) is 58.7 Å². The van der Waals surface area contributed by atoms with Gasteiger partial charge in [0.15, 0.2) is 0 Å². The average molecular weight is 420 g/mol. The molecule has 1 aromatic heterocycles. The minimum Gasteiger partial charge on any atom is -0.369 e. The number of benzene rings is 2. The zero-order chi connectivity index (χ0) is 22.0. The van der Waals surface area contributed by atoms with Crippen molar-refractivity contribution in [2.45, 2.75) is 6.92 Å². The van der Waals surface area contributed by atoms with Gasteiger partial charge in [-0.25, -0.2) is 4.68 Å². The van der Waals surface area contributed by atoms with E-state index in [2.05, 4.69) is 33.3 Å². The third-order valence-corrected chi connectivity index (χ3v) is 5.50. The van der Waals surface area contributed by atoms with Crippen molar-refractivity contribution < 1.29 is 9.72 Å². The van der Waals surface area contributed by atoms with Gasteiger partial charge >= 0.3 is 0 Å². The number of carbonyl (C=O) groups is 1. The van der Waals surface area contributed by atoms with Crippen molar-refractivity contribution in [2.24, 2.45) is 0 Å². The number of nitrogens with one attached hydrogen (secondary N) is 1. The maximum absolute atomic E-state index is 12.7. The summed E-state index contributed by atoms with van der Waals surface area (Å²) in [6.07, 6.45) is 3.08. The summed E-state index contributed by atoms with van der Waals surface area (Å²) in [5, 5.41) is 17.9. The summed E-state index contributed by atoms with van der Waals surface area (Å²) < 4.78 is 1.52. The summed E-state index contributed by atoms with van der Waals surface area (Å²) in [7, 11) is 2.13. The van der Waals surface area contributed by atoms with E-state index in [1.807, 2.05) is 19.1 Å². The molecule has 0 bridgehead atoms. The number of hydrogen-bond acceptors (Lipinski definition) is 6. The van der Waals surface area contributed by atoms with E-state index in [0.29, 0.717) is 11.3 Å². The van der Waals surface area contributed by atoms with Crippen molar-refractivity contribution in [3.8, 4) is 5.69 Å². The molecule has 0 aliphatic carbocycles. The predicted molar refractivity (Wildman–Crippen MR) is 119 cm³/mol. The van der Waals surface area contributed by atoms with E-state index >= 15 is 0 Å². The number of piperazine rings is 1. The van der Waals surface area contributed by atoms with Gasteiger partial charge in [-0.05, 0) is 49.9 Å². The van der Waals surface area contributed by atoms with E-state index in [1.165, 1.54) is 23.0 Å². The van der Waals surface area contributed by atoms with Gasteiger partial charge in [0.1, 0.15) is 0 Å². The smallest absolute Gasteiger partial charge is 0.269 e. The van der Waals surface area contributed by atoms with E-state index < -0.39 is 4.92 Å². The summed E-state index contributed by atoms with van der Waals surface area (Å²) in [5.41, 5.74) is 3.95. The lowest BCUT2D eigenvalue weighted by atomic mass is 10.1. The van der Waals surface area contributed by atoms with Crippen LogP contribution >= 0.6 is 0 Å². The molecule has 0 saturated carbocycles. The molecule has 0 atom stereocenters. The number of amides is 1. The Labute approximate surface area is 180 Å². The number of nitro groups is 1. The third-order valence-electron chi connectivity index (χ3n) is 5.50. The van der Waals surface area contributed by atoms with Gasteiger partial charge in [0.25, 0.3) is 11.6 Å². The van der Waals surface area contributed by atoms with E-state index in [0.717, 1.165) is 43.1 Å². The highest BCUT2D eigenvalue weighted by Crippen LogP contribution is 2.24. The number of hydrogen-bond donors (Lipinski definition) is 1. The first-order chi connectivity index (χ1) is 14.9. The molecule has 1 N–H and O–H groups in total. The van der Waals surface area contributed by atoms with Crippen molar-refractivity contribution in [3.63, 3.8) is 0 Å². The third kappa shape index (κ3) is 4.56. The zero-order valence-electron chi connectivity index (χ0n) is 17.5. The van der Waals surface area contributed by atoms with Crippen LogP contribution in [0, 0.1) is 17.0 Å². The molecule has 0 spiro atoms. The van der Waals surface area contributed by atoms with Crippen LogP contribution in [0.15, 0.2) is 54.9 Å². The van der Waals surface area contributed by atoms with Gasteiger partial charge in [-0.1, -0.05) is 0 Å². The fourth-order valence-electron chi connectivity index (χ4n) is 3.55. The number of rotatable bonds is 5. The van der Waals surface area contributed by atoms with E-state index in [4.69, 9.17) is 0 Å². The highest BCUT2D eigenvalue weighted by Gasteiger charge is 2.16. The number of non-ortho nitro benzene ring substituents is 1. The van der Waals surface area contributed by atoms with Crippen LogP contribution in [0.3, 0.4) is 0 Å². The standard InChI is InChI=1S/C22H24N6O3/c1-16-13-20(26-11-9-25(2)10-12-26)7-8-21(16)24-22(29)17-14-23-27(15-17)18-3-5-19(6-4-18)28(30)31/h3-8,13-15H,9-12H2,1-2H3,(H,24,29). The second-order valence-corrected chi connectivity index (χ2v) is 7.69. The van der Waals surface area contributed by atoms with Gasteiger partial charge in [0.05, 0.1) is 22.4 Å². The van der Waals surface area contributed by atoms with Gasteiger partial charge in [0.2, 0.25) is 0 Å². The largest absolute Gasteiger partial charge is 0.369 e. The molecule has 0 unspecified atom stereocenters. The molecule has 1 fully saturated rings. The van der Waals surface area contributed by atoms with Crippen molar-refractivity contribution in [1.29, 1.82) is 0 Å². The quantitative estimate of drug-likeness (QED) is 0.503. The summed E-state index contributed by atoms with van der Waals surface area (Å²) in [4.78, 5) is 27.7. The Bertz CT molecular complexity index is 1100. The first-order valence-electron chi connectivity index (χ1n) is 10.1. The molecule has 3 aromatic rings. The van der Waals surface area contributed by atoms with E-state index in [-0.39, 0.29) is 11.6 Å². The lowest BCUT2D eigenvalue weighted by Crippen LogP contribution is -2.44. The Morgan fingerprint density at radius 2 is 1.74 bits per heavy atom. The number of anilines is 2. The first kappa shape index (κ1) is 20.5. The molecule has 1 aliphatic rings. The molecule has 0 radical (unpaired) electrons. The van der Waals surface area contributed by atoms with Crippen LogP contribution in [0.2, 0.25) is 0 Å². The molecular formula is C22H24N6O3. The fraction of sp³-hybridized carbons (Fsp3) is 0.273. The number of aromatic nitrogens is 2. The lowest BCUT2D eigenvalue weighted by molar-refractivity contribution is -0.384. The van der Waals surface area contributed by atoms with Gasteiger partial charge in [0, 0.05) is 55.9 Å².